The fourth-order valence-corrected chi connectivity index (χ4v) is 2.70. The van der Waals surface area contributed by atoms with Crippen molar-refractivity contribution in [3.05, 3.63) is 0 Å². The molecule has 6 heteroatoms. The second kappa shape index (κ2) is 8.87. The van der Waals surface area contributed by atoms with Crippen molar-refractivity contribution in [2.75, 3.05) is 20.2 Å². The van der Waals surface area contributed by atoms with E-state index in [-0.39, 0.29) is 12.1 Å². The number of urea groups is 1. The summed E-state index contributed by atoms with van der Waals surface area (Å²) in [6, 6.07) is -1.08. The number of nitrogens with one attached hydrogen (secondary N) is 1. The van der Waals surface area contributed by atoms with Crippen molar-refractivity contribution in [1.82, 2.24) is 10.2 Å². The standard InChI is InChI=1S/C15H28N2O4/c1-4-6-7-11(5-2)9-16-15(20)17-10-12(21-3)8-13(17)14(18)19/h11-13H,4-10H2,1-3H3,(H,16,20)(H,18,19). The molecule has 1 saturated heterocycles. The fourth-order valence-electron chi connectivity index (χ4n) is 2.70. The van der Waals surface area contributed by atoms with Gasteiger partial charge in [0.05, 0.1) is 6.10 Å². The first-order valence-corrected chi connectivity index (χ1v) is 7.83. The number of likely N-dealkylation sites (tertiary alicyclic amines) is 1. The largest absolute Gasteiger partial charge is 0.480 e. The molecule has 0 spiro atoms. The maximum absolute atomic E-state index is 12.2. The van der Waals surface area contributed by atoms with Gasteiger partial charge in [0, 0.05) is 26.6 Å². The van der Waals surface area contributed by atoms with Gasteiger partial charge in [-0.2, -0.15) is 0 Å². The maximum atomic E-state index is 12.2. The number of ether oxygens (including phenoxy) is 1. The number of carbonyl (C=O) groups is 2. The predicted octanol–water partition coefficient (Wildman–Crippen LogP) is 2.09. The van der Waals surface area contributed by atoms with Crippen LogP contribution < -0.4 is 5.32 Å². The Morgan fingerprint density at radius 2 is 2.14 bits per heavy atom. The molecule has 1 heterocycles. The van der Waals surface area contributed by atoms with Crippen LogP contribution in [0.3, 0.4) is 0 Å². The molecule has 1 rings (SSSR count). The van der Waals surface area contributed by atoms with E-state index in [1.165, 1.54) is 4.90 Å². The zero-order chi connectivity index (χ0) is 15.8. The molecule has 1 aliphatic heterocycles. The molecular weight excluding hydrogens is 272 g/mol. The van der Waals surface area contributed by atoms with Gasteiger partial charge in [-0.1, -0.05) is 33.1 Å². The minimum absolute atomic E-state index is 0.195. The molecular formula is C15H28N2O4. The topological polar surface area (TPSA) is 78.9 Å². The molecule has 1 aliphatic rings. The normalized spacial score (nSPS) is 23.1. The molecule has 0 aromatic rings. The summed E-state index contributed by atoms with van der Waals surface area (Å²) in [5.41, 5.74) is 0. The third-order valence-corrected chi connectivity index (χ3v) is 4.23. The number of methoxy groups -OCH3 is 1. The van der Waals surface area contributed by atoms with Gasteiger partial charge in [-0.05, 0) is 12.3 Å². The molecule has 0 saturated carbocycles. The Hall–Kier alpha value is -1.30. The van der Waals surface area contributed by atoms with Crippen LogP contribution in [0.1, 0.15) is 46.0 Å². The molecule has 21 heavy (non-hydrogen) atoms. The smallest absolute Gasteiger partial charge is 0.326 e. The van der Waals surface area contributed by atoms with Crippen molar-refractivity contribution in [1.29, 1.82) is 0 Å². The summed E-state index contributed by atoms with van der Waals surface area (Å²) in [4.78, 5) is 24.8. The van der Waals surface area contributed by atoms with Gasteiger partial charge in [0.25, 0.3) is 0 Å². The van der Waals surface area contributed by atoms with E-state index >= 15 is 0 Å². The summed E-state index contributed by atoms with van der Waals surface area (Å²) in [5.74, 6) is -0.513. The van der Waals surface area contributed by atoms with Crippen LogP contribution >= 0.6 is 0 Å². The number of hydrogen-bond donors (Lipinski definition) is 2. The Kier molecular flexibility index (Phi) is 7.50. The monoisotopic (exact) mass is 300 g/mol. The summed E-state index contributed by atoms with van der Waals surface area (Å²) in [7, 11) is 1.54. The SMILES string of the molecule is CCCCC(CC)CNC(=O)N1CC(OC)CC1C(=O)O. The lowest BCUT2D eigenvalue weighted by atomic mass is 9.99. The number of unbranched alkanes of at least 4 members (excludes halogenated alkanes) is 1. The number of carbonyl (C=O) groups excluding carboxylic acids is 1. The van der Waals surface area contributed by atoms with Crippen LogP contribution in [-0.4, -0.2) is 54.4 Å². The summed E-state index contributed by atoms with van der Waals surface area (Å²) in [6.07, 6.45) is 4.57. The molecule has 0 radical (unpaired) electrons. The van der Waals surface area contributed by atoms with Crippen LogP contribution in [-0.2, 0) is 9.53 Å². The molecule has 1 fully saturated rings. The minimum Gasteiger partial charge on any atom is -0.480 e. The molecule has 122 valence electrons. The van der Waals surface area contributed by atoms with E-state index in [0.29, 0.717) is 25.4 Å². The van der Waals surface area contributed by atoms with E-state index in [2.05, 4.69) is 19.2 Å². The third kappa shape index (κ3) is 5.19. The van der Waals surface area contributed by atoms with E-state index in [9.17, 15) is 14.7 Å². The van der Waals surface area contributed by atoms with Gasteiger partial charge in [-0.15, -0.1) is 0 Å². The van der Waals surface area contributed by atoms with Crippen molar-refractivity contribution >= 4 is 12.0 Å². The second-order valence-electron chi connectivity index (χ2n) is 5.70. The highest BCUT2D eigenvalue weighted by Crippen LogP contribution is 2.20. The molecule has 2 N–H and O–H groups in total. The van der Waals surface area contributed by atoms with E-state index in [0.717, 1.165) is 25.7 Å². The molecule has 0 aliphatic carbocycles. The Bertz CT molecular complexity index is 349. The summed E-state index contributed by atoms with van der Waals surface area (Å²) >= 11 is 0. The first-order chi connectivity index (χ1) is 10.0. The van der Waals surface area contributed by atoms with Crippen LogP contribution in [0.2, 0.25) is 0 Å². The van der Waals surface area contributed by atoms with Crippen LogP contribution in [0.15, 0.2) is 0 Å². The zero-order valence-corrected chi connectivity index (χ0v) is 13.3. The summed E-state index contributed by atoms with van der Waals surface area (Å²) < 4.78 is 5.19. The summed E-state index contributed by atoms with van der Waals surface area (Å²) in [5, 5.41) is 12.1. The van der Waals surface area contributed by atoms with E-state index in [1.807, 2.05) is 0 Å². The third-order valence-electron chi connectivity index (χ3n) is 4.23. The zero-order valence-electron chi connectivity index (χ0n) is 13.3. The molecule has 3 unspecified atom stereocenters. The molecule has 2 amide bonds. The number of aliphatic carboxylic acids is 1. The average molecular weight is 300 g/mol. The van der Waals surface area contributed by atoms with Gasteiger partial charge < -0.3 is 20.1 Å². The highest BCUT2D eigenvalue weighted by atomic mass is 16.5. The average Bonchev–Trinajstić information content (AvgIpc) is 2.92. The minimum atomic E-state index is -0.970. The van der Waals surface area contributed by atoms with Gasteiger partial charge in [-0.25, -0.2) is 9.59 Å². The van der Waals surface area contributed by atoms with Crippen LogP contribution in [0.5, 0.6) is 0 Å². The van der Waals surface area contributed by atoms with E-state index < -0.39 is 12.0 Å². The number of nitrogens with zero attached hydrogens (tertiary/aromatic N) is 1. The van der Waals surface area contributed by atoms with Crippen LogP contribution in [0, 0.1) is 5.92 Å². The van der Waals surface area contributed by atoms with Crippen molar-refractivity contribution in [2.45, 2.75) is 58.1 Å². The van der Waals surface area contributed by atoms with E-state index in [1.54, 1.807) is 7.11 Å². The molecule has 0 bridgehead atoms. The van der Waals surface area contributed by atoms with Crippen molar-refractivity contribution in [3.8, 4) is 0 Å². The van der Waals surface area contributed by atoms with E-state index in [4.69, 9.17) is 4.74 Å². The number of carboxylic acids is 1. The van der Waals surface area contributed by atoms with Crippen LogP contribution in [0.4, 0.5) is 4.79 Å². The first-order valence-electron chi connectivity index (χ1n) is 7.83. The van der Waals surface area contributed by atoms with Gasteiger partial charge in [-0.3, -0.25) is 0 Å². The lowest BCUT2D eigenvalue weighted by molar-refractivity contribution is -0.141. The van der Waals surface area contributed by atoms with Crippen LogP contribution in [0.25, 0.3) is 0 Å². The van der Waals surface area contributed by atoms with Gasteiger partial charge >= 0.3 is 12.0 Å². The Labute approximate surface area is 126 Å². The second-order valence-corrected chi connectivity index (χ2v) is 5.70. The Balaban J connectivity index is 2.51. The Morgan fingerprint density at radius 3 is 2.67 bits per heavy atom. The molecule has 0 aromatic heterocycles. The lowest BCUT2D eigenvalue weighted by Gasteiger charge is -2.23. The fraction of sp³-hybridized carbons (Fsp3) is 0.867. The predicted molar refractivity (Wildman–Crippen MR) is 80.2 cm³/mol. The number of rotatable bonds is 8. The highest BCUT2D eigenvalue weighted by molar-refractivity contribution is 5.83. The molecule has 6 nitrogen and oxygen atoms in total. The Morgan fingerprint density at radius 1 is 1.43 bits per heavy atom. The number of carboxylic acid groups (broad SMARTS) is 1. The van der Waals surface area contributed by atoms with Crippen molar-refractivity contribution in [2.24, 2.45) is 5.92 Å². The van der Waals surface area contributed by atoms with Crippen molar-refractivity contribution in [3.63, 3.8) is 0 Å². The van der Waals surface area contributed by atoms with Crippen molar-refractivity contribution < 1.29 is 19.4 Å². The highest BCUT2D eigenvalue weighted by Gasteiger charge is 2.39. The van der Waals surface area contributed by atoms with Gasteiger partial charge in [0.2, 0.25) is 0 Å². The quantitative estimate of drug-likeness (QED) is 0.719. The molecule has 3 atom stereocenters. The van der Waals surface area contributed by atoms with Gasteiger partial charge in [0.1, 0.15) is 6.04 Å². The number of amides is 2. The maximum Gasteiger partial charge on any atom is 0.326 e. The summed E-state index contributed by atoms with van der Waals surface area (Å²) in [6.45, 7) is 5.21. The number of hydrogen-bond acceptors (Lipinski definition) is 3. The molecule has 0 aromatic carbocycles. The van der Waals surface area contributed by atoms with Gasteiger partial charge in [0.15, 0.2) is 0 Å². The lowest BCUT2D eigenvalue weighted by Crippen LogP contribution is -2.47. The first kappa shape index (κ1) is 17.8.